The van der Waals surface area contributed by atoms with Crippen molar-refractivity contribution in [3.63, 3.8) is 0 Å². The summed E-state index contributed by atoms with van der Waals surface area (Å²) >= 11 is 0. The topological polar surface area (TPSA) is 98.3 Å². The Morgan fingerprint density at radius 2 is 1.47 bits per heavy atom. The summed E-state index contributed by atoms with van der Waals surface area (Å²) in [5, 5.41) is 16.5. The zero-order valence-corrected chi connectivity index (χ0v) is 17.0. The average Bonchev–Trinajstić information content (AvgIpc) is 2.80. The van der Waals surface area contributed by atoms with Gasteiger partial charge in [-0.05, 0) is 47.9 Å². The Morgan fingerprint density at radius 1 is 0.875 bits per heavy atom. The van der Waals surface area contributed by atoms with Crippen molar-refractivity contribution in [3.8, 4) is 0 Å². The molecule has 0 saturated heterocycles. The van der Waals surface area contributed by atoms with Crippen LogP contribution in [-0.2, 0) is 16.0 Å². The molecule has 0 unspecified atom stereocenters. The van der Waals surface area contributed by atoms with Crippen molar-refractivity contribution in [1.29, 1.82) is 0 Å². The first-order valence-corrected chi connectivity index (χ1v) is 9.81. The molecule has 0 aliphatic rings. The number of rotatable bonds is 8. The van der Waals surface area contributed by atoms with Gasteiger partial charge in [0.25, 0.3) is 11.8 Å². The Bertz CT molecular complexity index is 1110. The molecule has 162 valence electrons. The van der Waals surface area contributed by atoms with Crippen molar-refractivity contribution >= 4 is 23.9 Å². The normalized spacial score (nSPS) is 12.0. The summed E-state index contributed by atoms with van der Waals surface area (Å²) in [5.41, 5.74) is 1.26. The summed E-state index contributed by atoms with van der Waals surface area (Å²) in [6, 6.07) is 20.9. The van der Waals surface area contributed by atoms with E-state index in [9.17, 15) is 23.9 Å². The molecule has 0 aromatic heterocycles. The largest absolute Gasteiger partial charge is 0.548 e. The lowest BCUT2D eigenvalue weighted by molar-refractivity contribution is -0.308. The van der Waals surface area contributed by atoms with Crippen molar-refractivity contribution in [2.45, 2.75) is 12.5 Å². The molecule has 0 radical (unpaired) electrons. The summed E-state index contributed by atoms with van der Waals surface area (Å²) in [6.45, 7) is 0. The minimum absolute atomic E-state index is 0.00533. The first kappa shape index (κ1) is 22.4. The van der Waals surface area contributed by atoms with Crippen molar-refractivity contribution in [2.24, 2.45) is 0 Å². The average molecular weight is 431 g/mol. The van der Waals surface area contributed by atoms with Crippen LogP contribution in [0.2, 0.25) is 0 Å². The van der Waals surface area contributed by atoms with E-state index in [-0.39, 0.29) is 12.1 Å². The van der Waals surface area contributed by atoms with Crippen LogP contribution in [0.5, 0.6) is 0 Å². The summed E-state index contributed by atoms with van der Waals surface area (Å²) in [5.74, 6) is -3.29. The van der Waals surface area contributed by atoms with E-state index in [0.717, 1.165) is 0 Å². The lowest BCUT2D eigenvalue weighted by Gasteiger charge is -2.21. The Morgan fingerprint density at radius 3 is 2.06 bits per heavy atom. The van der Waals surface area contributed by atoms with Crippen LogP contribution in [-0.4, -0.2) is 23.8 Å². The third-order valence-corrected chi connectivity index (χ3v) is 4.58. The van der Waals surface area contributed by atoms with Crippen LogP contribution in [0.4, 0.5) is 4.39 Å². The molecule has 2 N–H and O–H groups in total. The zero-order chi connectivity index (χ0) is 22.9. The number of halogens is 1. The molecule has 0 bridgehead atoms. The molecule has 6 nitrogen and oxygen atoms in total. The van der Waals surface area contributed by atoms with Crippen molar-refractivity contribution in [3.05, 3.63) is 113 Å². The van der Waals surface area contributed by atoms with Gasteiger partial charge in [0, 0.05) is 5.56 Å². The van der Waals surface area contributed by atoms with E-state index in [2.05, 4.69) is 10.6 Å². The van der Waals surface area contributed by atoms with Crippen LogP contribution >= 0.6 is 0 Å². The second-order valence-electron chi connectivity index (χ2n) is 6.96. The third-order valence-electron chi connectivity index (χ3n) is 4.58. The molecule has 0 saturated carbocycles. The van der Waals surface area contributed by atoms with Crippen LogP contribution in [0.15, 0.2) is 90.6 Å². The molecule has 7 heteroatoms. The number of carbonyl (C=O) groups excluding carboxylic acids is 3. The maximum Gasteiger partial charge on any atom is 0.268 e. The summed E-state index contributed by atoms with van der Waals surface area (Å²) in [6.07, 6.45) is 1.34. The number of aliphatic carboxylic acids is 1. The molecule has 0 fully saturated rings. The quantitative estimate of drug-likeness (QED) is 0.534. The number of hydrogen-bond acceptors (Lipinski definition) is 4. The van der Waals surface area contributed by atoms with E-state index in [1.165, 1.54) is 30.3 Å². The van der Waals surface area contributed by atoms with Gasteiger partial charge in [-0.3, -0.25) is 9.59 Å². The monoisotopic (exact) mass is 431 g/mol. The van der Waals surface area contributed by atoms with Gasteiger partial charge in [-0.1, -0.05) is 60.7 Å². The predicted octanol–water partition coefficient (Wildman–Crippen LogP) is 2.07. The highest BCUT2D eigenvalue weighted by Crippen LogP contribution is 2.10. The number of carboxylic acids is 1. The minimum atomic E-state index is -1.46. The maximum atomic E-state index is 13.2. The minimum Gasteiger partial charge on any atom is -0.548 e. The third kappa shape index (κ3) is 6.37. The highest BCUT2D eigenvalue weighted by Gasteiger charge is 2.19. The zero-order valence-electron chi connectivity index (χ0n) is 17.0. The number of carbonyl (C=O) groups is 3. The molecule has 3 aromatic carbocycles. The molecule has 3 rings (SSSR count). The molecule has 2 amide bonds. The van der Waals surface area contributed by atoms with Crippen molar-refractivity contribution in [2.75, 3.05) is 0 Å². The first-order chi connectivity index (χ1) is 15.4. The van der Waals surface area contributed by atoms with Gasteiger partial charge in [-0.15, -0.1) is 0 Å². The lowest BCUT2D eigenvalue weighted by atomic mass is 10.1. The summed E-state index contributed by atoms with van der Waals surface area (Å²) < 4.78 is 13.2. The molecule has 3 aromatic rings. The van der Waals surface area contributed by atoms with Crippen LogP contribution in [0, 0.1) is 5.82 Å². The highest BCUT2D eigenvalue weighted by molar-refractivity contribution is 6.06. The Balaban J connectivity index is 1.85. The van der Waals surface area contributed by atoms with Gasteiger partial charge in [-0.2, -0.15) is 0 Å². The molecule has 1 atom stereocenters. The first-order valence-electron chi connectivity index (χ1n) is 9.81. The fourth-order valence-electron chi connectivity index (χ4n) is 2.95. The van der Waals surface area contributed by atoms with Gasteiger partial charge in [-0.25, -0.2) is 4.39 Å². The lowest BCUT2D eigenvalue weighted by Crippen LogP contribution is -2.50. The molecular formula is C25H20FN2O4-. The number of amides is 2. The smallest absolute Gasteiger partial charge is 0.268 e. The van der Waals surface area contributed by atoms with Gasteiger partial charge in [0.05, 0.1) is 12.0 Å². The molecule has 0 spiro atoms. The Labute approximate surface area is 184 Å². The second-order valence-corrected chi connectivity index (χ2v) is 6.96. The van der Waals surface area contributed by atoms with Crippen molar-refractivity contribution < 1.29 is 23.9 Å². The van der Waals surface area contributed by atoms with Crippen LogP contribution in [0.3, 0.4) is 0 Å². The fraction of sp³-hybridized carbons (Fsp3) is 0.0800. The Hall–Kier alpha value is -4.26. The number of hydrogen-bond donors (Lipinski definition) is 2. The molecular weight excluding hydrogens is 411 g/mol. The fourth-order valence-corrected chi connectivity index (χ4v) is 2.95. The molecule has 0 heterocycles. The predicted molar refractivity (Wildman–Crippen MR) is 115 cm³/mol. The van der Waals surface area contributed by atoms with Gasteiger partial charge >= 0.3 is 0 Å². The summed E-state index contributed by atoms with van der Waals surface area (Å²) in [7, 11) is 0. The standard InChI is InChI=1S/C25H21FN2O4/c26-20-13-11-18(12-14-20)15-21(27-23(29)19-9-5-2-6-10-19)24(30)28-22(25(31)32)16-17-7-3-1-4-8-17/h1-15,22H,16H2,(H,27,29)(H,28,30)(H,31,32)/p-1/b21-15-/t22-/m1/s1. The number of benzene rings is 3. The van der Waals surface area contributed by atoms with Gasteiger partial charge in [0.1, 0.15) is 11.5 Å². The van der Waals surface area contributed by atoms with E-state index < -0.39 is 29.6 Å². The van der Waals surface area contributed by atoms with E-state index >= 15 is 0 Å². The van der Waals surface area contributed by atoms with Crippen LogP contribution < -0.4 is 15.7 Å². The molecule has 32 heavy (non-hydrogen) atoms. The van der Waals surface area contributed by atoms with E-state index in [0.29, 0.717) is 16.7 Å². The Kier molecular flexibility index (Phi) is 7.48. The summed E-state index contributed by atoms with van der Waals surface area (Å²) in [4.78, 5) is 37.1. The van der Waals surface area contributed by atoms with Gasteiger partial charge in [0.15, 0.2) is 0 Å². The van der Waals surface area contributed by atoms with E-state index in [1.54, 1.807) is 60.7 Å². The van der Waals surface area contributed by atoms with E-state index in [4.69, 9.17) is 0 Å². The second kappa shape index (κ2) is 10.7. The molecule has 0 aliphatic carbocycles. The van der Waals surface area contributed by atoms with Gasteiger partial charge in [0.2, 0.25) is 0 Å². The highest BCUT2D eigenvalue weighted by atomic mass is 19.1. The SMILES string of the molecule is O=C(N[C@H](Cc1ccccc1)C(=O)[O-])/C(=C/c1ccc(F)cc1)NC(=O)c1ccccc1. The van der Waals surface area contributed by atoms with Crippen molar-refractivity contribution in [1.82, 2.24) is 10.6 Å². The molecule has 0 aliphatic heterocycles. The number of carboxylic acid groups (broad SMARTS) is 1. The maximum absolute atomic E-state index is 13.2. The van der Waals surface area contributed by atoms with E-state index in [1.807, 2.05) is 0 Å². The van der Waals surface area contributed by atoms with Crippen LogP contribution in [0.25, 0.3) is 6.08 Å². The van der Waals surface area contributed by atoms with Gasteiger partial charge < -0.3 is 20.5 Å². The number of nitrogens with one attached hydrogen (secondary N) is 2. The van der Waals surface area contributed by atoms with Crippen LogP contribution in [0.1, 0.15) is 21.5 Å².